The highest BCUT2D eigenvalue weighted by Crippen LogP contribution is 2.17. The first-order chi connectivity index (χ1) is 5.66. The average Bonchev–Trinajstić information content (AvgIpc) is 2.32. The molecule has 1 aromatic rings. The molecule has 1 rings (SSSR count). The summed E-state index contributed by atoms with van der Waals surface area (Å²) in [6.07, 6.45) is 0. The van der Waals surface area contributed by atoms with Crippen molar-refractivity contribution in [3.8, 4) is 0 Å². The minimum atomic E-state index is -0.263. The molecule has 0 bridgehead atoms. The lowest BCUT2D eigenvalue weighted by molar-refractivity contribution is 0.0525. The molecule has 0 aliphatic carbocycles. The largest absolute Gasteiger partial charge is 0.462 e. The van der Waals surface area contributed by atoms with Crippen LogP contribution in [-0.2, 0) is 4.74 Å². The fourth-order valence-electron chi connectivity index (χ4n) is 0.978. The molecule has 0 saturated carbocycles. The van der Waals surface area contributed by atoms with Gasteiger partial charge in [0.15, 0.2) is 0 Å². The van der Waals surface area contributed by atoms with Crippen LogP contribution in [0.1, 0.15) is 27.9 Å². The minimum absolute atomic E-state index is 0.263. The van der Waals surface area contributed by atoms with Crippen LogP contribution in [0.15, 0.2) is 0 Å². The van der Waals surface area contributed by atoms with Gasteiger partial charge in [-0.15, -0.1) is 0 Å². The molecule has 66 valence electrons. The Morgan fingerprint density at radius 1 is 1.58 bits per heavy atom. The standard InChI is InChI=1S/C8H11NO2S/c1-4-11-8(10)7-5(2)9-12-6(7)3/h4H2,1-3H3. The molecule has 0 amide bonds. The Hall–Kier alpha value is -0.900. The summed E-state index contributed by atoms with van der Waals surface area (Å²) in [5, 5.41) is 0. The molecule has 0 fully saturated rings. The first kappa shape index (κ1) is 9.19. The molecule has 0 aromatic carbocycles. The number of nitrogens with zero attached hydrogens (tertiary/aromatic N) is 1. The molecule has 12 heavy (non-hydrogen) atoms. The molecule has 1 heterocycles. The van der Waals surface area contributed by atoms with Crippen LogP contribution < -0.4 is 0 Å². The molecule has 0 N–H and O–H groups in total. The van der Waals surface area contributed by atoms with Crippen molar-refractivity contribution in [2.45, 2.75) is 20.8 Å². The van der Waals surface area contributed by atoms with E-state index in [2.05, 4.69) is 4.37 Å². The highest BCUT2D eigenvalue weighted by molar-refractivity contribution is 7.06. The maximum atomic E-state index is 11.3. The zero-order valence-electron chi connectivity index (χ0n) is 7.38. The molecule has 0 radical (unpaired) electrons. The zero-order valence-corrected chi connectivity index (χ0v) is 8.20. The van der Waals surface area contributed by atoms with E-state index in [1.807, 2.05) is 13.8 Å². The summed E-state index contributed by atoms with van der Waals surface area (Å²) in [5.41, 5.74) is 1.39. The lowest BCUT2D eigenvalue weighted by Gasteiger charge is -2.00. The maximum absolute atomic E-state index is 11.3. The highest BCUT2D eigenvalue weighted by Gasteiger charge is 2.15. The predicted octanol–water partition coefficient (Wildman–Crippen LogP) is 1.94. The number of aromatic nitrogens is 1. The van der Waals surface area contributed by atoms with Crippen molar-refractivity contribution in [2.24, 2.45) is 0 Å². The van der Waals surface area contributed by atoms with Crippen molar-refractivity contribution >= 4 is 17.5 Å². The Balaban J connectivity index is 2.93. The number of ether oxygens (including phenoxy) is 1. The van der Waals surface area contributed by atoms with Crippen molar-refractivity contribution in [2.75, 3.05) is 6.61 Å². The summed E-state index contributed by atoms with van der Waals surface area (Å²) in [5.74, 6) is -0.263. The van der Waals surface area contributed by atoms with Crippen molar-refractivity contribution in [3.63, 3.8) is 0 Å². The van der Waals surface area contributed by atoms with Crippen LogP contribution >= 0.6 is 11.5 Å². The summed E-state index contributed by atoms with van der Waals surface area (Å²) in [6.45, 7) is 5.89. The van der Waals surface area contributed by atoms with Gasteiger partial charge < -0.3 is 4.74 Å². The molecule has 0 aliphatic rings. The minimum Gasteiger partial charge on any atom is -0.462 e. The van der Waals surface area contributed by atoms with E-state index in [9.17, 15) is 4.79 Å². The van der Waals surface area contributed by atoms with Gasteiger partial charge in [-0.25, -0.2) is 4.79 Å². The smallest absolute Gasteiger partial charge is 0.341 e. The Labute approximate surface area is 75.5 Å². The second-order valence-corrected chi connectivity index (χ2v) is 3.40. The fraction of sp³-hybridized carbons (Fsp3) is 0.500. The molecule has 0 aliphatic heterocycles. The number of esters is 1. The van der Waals surface area contributed by atoms with Crippen molar-refractivity contribution < 1.29 is 9.53 Å². The van der Waals surface area contributed by atoms with Crippen LogP contribution in [0.5, 0.6) is 0 Å². The molecule has 3 nitrogen and oxygen atoms in total. The number of hydrogen-bond acceptors (Lipinski definition) is 4. The van der Waals surface area contributed by atoms with E-state index in [1.54, 1.807) is 6.92 Å². The van der Waals surface area contributed by atoms with Gasteiger partial charge in [0.25, 0.3) is 0 Å². The van der Waals surface area contributed by atoms with Gasteiger partial charge in [-0.2, -0.15) is 4.37 Å². The van der Waals surface area contributed by atoms with Crippen molar-refractivity contribution in [1.29, 1.82) is 0 Å². The Kier molecular flexibility index (Phi) is 2.81. The van der Waals surface area contributed by atoms with Gasteiger partial charge in [0.1, 0.15) is 0 Å². The van der Waals surface area contributed by atoms with Crippen LogP contribution in [0.4, 0.5) is 0 Å². The zero-order chi connectivity index (χ0) is 9.14. The Morgan fingerprint density at radius 2 is 2.25 bits per heavy atom. The maximum Gasteiger partial charge on any atom is 0.341 e. The van der Waals surface area contributed by atoms with Gasteiger partial charge in [-0.05, 0) is 32.3 Å². The van der Waals surface area contributed by atoms with Crippen LogP contribution in [0.2, 0.25) is 0 Å². The lowest BCUT2D eigenvalue weighted by atomic mass is 10.2. The quantitative estimate of drug-likeness (QED) is 0.661. The second-order valence-electron chi connectivity index (χ2n) is 2.42. The van der Waals surface area contributed by atoms with E-state index in [4.69, 9.17) is 4.74 Å². The summed E-state index contributed by atoms with van der Waals surface area (Å²) >= 11 is 1.33. The van der Waals surface area contributed by atoms with Gasteiger partial charge in [0.2, 0.25) is 0 Å². The predicted molar refractivity (Wildman–Crippen MR) is 47.5 cm³/mol. The molecule has 1 aromatic heterocycles. The first-order valence-electron chi connectivity index (χ1n) is 3.76. The van der Waals surface area contributed by atoms with Crippen LogP contribution in [0, 0.1) is 13.8 Å². The highest BCUT2D eigenvalue weighted by atomic mass is 32.1. The summed E-state index contributed by atoms with van der Waals surface area (Å²) in [4.78, 5) is 12.2. The van der Waals surface area contributed by atoms with Crippen molar-refractivity contribution in [1.82, 2.24) is 4.37 Å². The fourth-order valence-corrected chi connectivity index (χ4v) is 1.67. The van der Waals surface area contributed by atoms with E-state index < -0.39 is 0 Å². The third-order valence-electron chi connectivity index (χ3n) is 1.51. The summed E-state index contributed by atoms with van der Waals surface area (Å²) < 4.78 is 8.94. The molecule has 0 saturated heterocycles. The van der Waals surface area contributed by atoms with Gasteiger partial charge in [-0.1, -0.05) is 0 Å². The lowest BCUT2D eigenvalue weighted by Crippen LogP contribution is -2.06. The van der Waals surface area contributed by atoms with Gasteiger partial charge in [0, 0.05) is 4.88 Å². The molecule has 4 heteroatoms. The van der Waals surface area contributed by atoms with Crippen LogP contribution in [0.3, 0.4) is 0 Å². The Morgan fingerprint density at radius 3 is 2.67 bits per heavy atom. The van der Waals surface area contributed by atoms with Crippen LogP contribution in [0.25, 0.3) is 0 Å². The van der Waals surface area contributed by atoms with Crippen LogP contribution in [-0.4, -0.2) is 16.9 Å². The van der Waals surface area contributed by atoms with E-state index in [-0.39, 0.29) is 5.97 Å². The average molecular weight is 185 g/mol. The first-order valence-corrected chi connectivity index (χ1v) is 4.54. The van der Waals surface area contributed by atoms with E-state index >= 15 is 0 Å². The van der Waals surface area contributed by atoms with E-state index in [0.29, 0.717) is 12.2 Å². The van der Waals surface area contributed by atoms with Gasteiger partial charge in [0.05, 0.1) is 17.9 Å². The van der Waals surface area contributed by atoms with Gasteiger partial charge >= 0.3 is 5.97 Å². The molecule has 0 spiro atoms. The second kappa shape index (κ2) is 3.67. The molecular formula is C8H11NO2S. The number of rotatable bonds is 2. The third kappa shape index (κ3) is 1.64. The third-order valence-corrected chi connectivity index (χ3v) is 2.36. The molecular weight excluding hydrogens is 174 g/mol. The normalized spacial score (nSPS) is 9.92. The number of carbonyl (C=O) groups excluding carboxylic acids is 1. The molecule has 0 atom stereocenters. The van der Waals surface area contributed by atoms with E-state index in [1.165, 1.54) is 11.5 Å². The monoisotopic (exact) mass is 185 g/mol. The van der Waals surface area contributed by atoms with Crippen molar-refractivity contribution in [3.05, 3.63) is 16.1 Å². The number of carbonyl (C=O) groups is 1. The van der Waals surface area contributed by atoms with E-state index in [0.717, 1.165) is 10.6 Å². The number of hydrogen-bond donors (Lipinski definition) is 0. The summed E-state index contributed by atoms with van der Waals surface area (Å²) in [6, 6.07) is 0. The summed E-state index contributed by atoms with van der Waals surface area (Å²) in [7, 11) is 0. The Bertz CT molecular complexity index is 274. The topological polar surface area (TPSA) is 39.2 Å². The van der Waals surface area contributed by atoms with Gasteiger partial charge in [-0.3, -0.25) is 0 Å². The SMILES string of the molecule is CCOC(=O)c1c(C)nsc1C. The molecule has 0 unspecified atom stereocenters. The number of aryl methyl sites for hydroxylation is 2.